The maximum Gasteiger partial charge on any atom is 0.241 e. The molecule has 1 aromatic rings. The predicted octanol–water partition coefficient (Wildman–Crippen LogP) is 3.21. The predicted molar refractivity (Wildman–Crippen MR) is 86.4 cm³/mol. The van der Waals surface area contributed by atoms with Gasteiger partial charge in [0, 0.05) is 12.1 Å². The second kappa shape index (κ2) is 7.82. The first-order valence-electron chi connectivity index (χ1n) is 5.99. The number of hydrogen-bond acceptors (Lipinski definition) is 3. The van der Waals surface area contributed by atoms with Crippen LogP contribution in [-0.4, -0.2) is 20.5 Å². The van der Waals surface area contributed by atoms with Crippen molar-refractivity contribution < 1.29 is 8.42 Å². The third kappa shape index (κ3) is 4.48. The molecule has 0 aliphatic carbocycles. The highest BCUT2D eigenvalue weighted by atomic mass is 35.5. The van der Waals surface area contributed by atoms with Crippen LogP contribution in [0.3, 0.4) is 0 Å². The highest BCUT2D eigenvalue weighted by Gasteiger charge is 2.30. The van der Waals surface area contributed by atoms with Crippen molar-refractivity contribution >= 4 is 45.6 Å². The molecule has 0 spiro atoms. The Morgan fingerprint density at radius 2 is 1.75 bits per heavy atom. The Morgan fingerprint density at radius 1 is 1.20 bits per heavy atom. The summed E-state index contributed by atoms with van der Waals surface area (Å²) in [5, 5.41) is 0.521. The molecule has 1 rings (SSSR count). The molecule has 20 heavy (non-hydrogen) atoms. The van der Waals surface area contributed by atoms with Gasteiger partial charge in [0.15, 0.2) is 0 Å². The van der Waals surface area contributed by atoms with Gasteiger partial charge in [0.25, 0.3) is 0 Å². The highest BCUT2D eigenvalue weighted by molar-refractivity contribution is 7.89. The second-order valence-electron chi connectivity index (χ2n) is 4.37. The molecule has 0 radical (unpaired) electrons. The topological polar surface area (TPSA) is 72.2 Å². The van der Waals surface area contributed by atoms with Crippen LogP contribution in [0.2, 0.25) is 10.0 Å². The Labute approximate surface area is 136 Å². The SMILES string of the molecule is CCC(CC)(CN)NS(=O)(=O)c1ccc(Cl)c(Cl)c1.Cl. The number of nitrogens with two attached hydrogens (primary N) is 1. The Kier molecular flexibility index (Phi) is 7.81. The highest BCUT2D eigenvalue weighted by Crippen LogP contribution is 2.26. The molecule has 3 N–H and O–H groups in total. The van der Waals surface area contributed by atoms with Crippen LogP contribution in [0.15, 0.2) is 23.1 Å². The quantitative estimate of drug-likeness (QED) is 0.817. The van der Waals surface area contributed by atoms with Gasteiger partial charge in [-0.1, -0.05) is 37.0 Å². The van der Waals surface area contributed by atoms with Crippen LogP contribution in [0.4, 0.5) is 0 Å². The van der Waals surface area contributed by atoms with E-state index in [1.165, 1.54) is 18.2 Å². The van der Waals surface area contributed by atoms with Gasteiger partial charge in [0.2, 0.25) is 10.0 Å². The van der Waals surface area contributed by atoms with Crippen LogP contribution >= 0.6 is 35.6 Å². The fourth-order valence-electron chi connectivity index (χ4n) is 1.71. The van der Waals surface area contributed by atoms with Gasteiger partial charge < -0.3 is 5.73 Å². The Balaban J connectivity index is 0.00000361. The van der Waals surface area contributed by atoms with Crippen LogP contribution in [0.25, 0.3) is 0 Å². The van der Waals surface area contributed by atoms with Crippen molar-refractivity contribution in [1.82, 2.24) is 4.72 Å². The third-order valence-electron chi connectivity index (χ3n) is 3.30. The summed E-state index contributed by atoms with van der Waals surface area (Å²) in [6.07, 6.45) is 1.22. The minimum atomic E-state index is -3.67. The molecule has 8 heteroatoms. The van der Waals surface area contributed by atoms with E-state index in [9.17, 15) is 8.42 Å². The van der Waals surface area contributed by atoms with E-state index in [-0.39, 0.29) is 28.9 Å². The van der Waals surface area contributed by atoms with Crippen molar-refractivity contribution in [2.45, 2.75) is 37.1 Å². The van der Waals surface area contributed by atoms with E-state index < -0.39 is 15.6 Å². The van der Waals surface area contributed by atoms with Gasteiger partial charge in [-0.2, -0.15) is 0 Å². The molecule has 116 valence electrons. The average Bonchev–Trinajstić information content (AvgIpc) is 2.39. The van der Waals surface area contributed by atoms with Gasteiger partial charge >= 0.3 is 0 Å². The first kappa shape index (κ1) is 20.0. The van der Waals surface area contributed by atoms with Gasteiger partial charge in [-0.25, -0.2) is 13.1 Å². The molecule has 0 aromatic heterocycles. The lowest BCUT2D eigenvalue weighted by molar-refractivity contribution is 0.363. The lowest BCUT2D eigenvalue weighted by Gasteiger charge is -2.31. The van der Waals surface area contributed by atoms with Crippen LogP contribution in [-0.2, 0) is 10.0 Å². The number of halogens is 3. The molecule has 0 bridgehead atoms. The molecule has 0 amide bonds. The summed E-state index contributed by atoms with van der Waals surface area (Å²) in [5.74, 6) is 0. The van der Waals surface area contributed by atoms with E-state index in [1.807, 2.05) is 13.8 Å². The first-order valence-corrected chi connectivity index (χ1v) is 8.23. The lowest BCUT2D eigenvalue weighted by Crippen LogP contribution is -2.52. The van der Waals surface area contributed by atoms with E-state index in [0.717, 1.165) is 0 Å². The van der Waals surface area contributed by atoms with Crippen molar-refractivity contribution in [2.24, 2.45) is 5.73 Å². The van der Waals surface area contributed by atoms with Gasteiger partial charge in [-0.05, 0) is 31.0 Å². The first-order chi connectivity index (χ1) is 8.80. The summed E-state index contributed by atoms with van der Waals surface area (Å²) in [7, 11) is -3.67. The fraction of sp³-hybridized carbons (Fsp3) is 0.500. The molecule has 0 heterocycles. The van der Waals surface area contributed by atoms with Gasteiger partial charge in [-0.15, -0.1) is 12.4 Å². The zero-order valence-corrected chi connectivity index (χ0v) is 14.5. The number of benzene rings is 1. The molecule has 4 nitrogen and oxygen atoms in total. The minimum absolute atomic E-state index is 0. The zero-order chi connectivity index (χ0) is 14.7. The Morgan fingerprint density at radius 3 is 2.15 bits per heavy atom. The van der Waals surface area contributed by atoms with E-state index in [1.54, 1.807) is 0 Å². The number of sulfonamides is 1. The van der Waals surface area contributed by atoms with Gasteiger partial charge in [0.1, 0.15) is 0 Å². The van der Waals surface area contributed by atoms with E-state index in [2.05, 4.69) is 4.72 Å². The molecule has 0 fully saturated rings. The summed E-state index contributed by atoms with van der Waals surface area (Å²) in [4.78, 5) is 0.0848. The van der Waals surface area contributed by atoms with E-state index >= 15 is 0 Å². The standard InChI is InChI=1S/C12H18Cl2N2O2S.ClH/c1-3-12(4-2,8-15)16-19(17,18)9-5-6-10(13)11(14)7-9;/h5-7,16H,3-4,8,15H2,1-2H3;1H. The molecule has 0 unspecified atom stereocenters. The number of rotatable bonds is 6. The van der Waals surface area contributed by atoms with Gasteiger partial charge in [0.05, 0.1) is 14.9 Å². The molecule has 0 saturated heterocycles. The summed E-state index contributed by atoms with van der Waals surface area (Å²) < 4.78 is 27.3. The molecule has 0 saturated carbocycles. The minimum Gasteiger partial charge on any atom is -0.329 e. The lowest BCUT2D eigenvalue weighted by atomic mass is 9.95. The average molecular weight is 362 g/mol. The fourth-order valence-corrected chi connectivity index (χ4v) is 3.66. The normalized spacial score (nSPS) is 12.1. The van der Waals surface area contributed by atoms with Crippen LogP contribution in [0.1, 0.15) is 26.7 Å². The van der Waals surface area contributed by atoms with Crippen molar-refractivity contribution in [1.29, 1.82) is 0 Å². The largest absolute Gasteiger partial charge is 0.329 e. The van der Waals surface area contributed by atoms with Crippen molar-refractivity contribution in [2.75, 3.05) is 6.54 Å². The molecule has 0 atom stereocenters. The van der Waals surface area contributed by atoms with Crippen LogP contribution < -0.4 is 10.5 Å². The number of nitrogens with one attached hydrogen (secondary N) is 1. The maximum absolute atomic E-state index is 12.3. The molecular weight excluding hydrogens is 343 g/mol. The monoisotopic (exact) mass is 360 g/mol. The molecular formula is C12H19Cl3N2O2S. The zero-order valence-electron chi connectivity index (χ0n) is 11.3. The summed E-state index contributed by atoms with van der Waals surface area (Å²) in [5.41, 5.74) is 5.06. The molecule has 0 aliphatic heterocycles. The Hall–Kier alpha value is -0.0400. The maximum atomic E-state index is 12.3. The van der Waals surface area contributed by atoms with Crippen molar-refractivity contribution in [3.05, 3.63) is 28.2 Å². The Bertz CT molecular complexity index is 537. The van der Waals surface area contributed by atoms with E-state index in [4.69, 9.17) is 28.9 Å². The second-order valence-corrected chi connectivity index (χ2v) is 6.87. The number of hydrogen-bond donors (Lipinski definition) is 2. The summed E-state index contributed by atoms with van der Waals surface area (Å²) in [6.45, 7) is 4.03. The van der Waals surface area contributed by atoms with Crippen molar-refractivity contribution in [3.8, 4) is 0 Å². The summed E-state index contributed by atoms with van der Waals surface area (Å²) in [6, 6.07) is 4.21. The van der Waals surface area contributed by atoms with Gasteiger partial charge in [-0.3, -0.25) is 0 Å². The van der Waals surface area contributed by atoms with Crippen molar-refractivity contribution in [3.63, 3.8) is 0 Å². The van der Waals surface area contributed by atoms with Crippen LogP contribution in [0.5, 0.6) is 0 Å². The van der Waals surface area contributed by atoms with E-state index in [0.29, 0.717) is 17.9 Å². The molecule has 0 aliphatic rings. The molecule has 1 aromatic carbocycles. The smallest absolute Gasteiger partial charge is 0.241 e. The van der Waals surface area contributed by atoms with Crippen LogP contribution in [0, 0.1) is 0 Å². The third-order valence-corrected chi connectivity index (χ3v) is 5.61. The summed E-state index contributed by atoms with van der Waals surface area (Å²) >= 11 is 11.6.